The second-order valence-corrected chi connectivity index (χ2v) is 8.33. The van der Waals surface area contributed by atoms with Crippen molar-refractivity contribution >= 4 is 14.0 Å². The van der Waals surface area contributed by atoms with E-state index in [1.165, 1.54) is 0 Å². The molecule has 0 aliphatic heterocycles. The molecule has 0 saturated heterocycles. The molecular formula is C8H14O2Si. The van der Waals surface area contributed by atoms with Gasteiger partial charge in [-0.3, -0.25) is 4.79 Å². The molecule has 1 atom stereocenters. The summed E-state index contributed by atoms with van der Waals surface area (Å²) in [4.78, 5) is 10.3. The first-order valence-corrected chi connectivity index (χ1v) is 7.08. The fraction of sp³-hybridized carbons (Fsp3) is 0.625. The molecule has 3 heteroatoms. The zero-order valence-corrected chi connectivity index (χ0v) is 8.43. The molecule has 11 heavy (non-hydrogen) atoms. The van der Waals surface area contributed by atoms with Gasteiger partial charge in [-0.1, -0.05) is 25.6 Å². The van der Waals surface area contributed by atoms with Gasteiger partial charge in [0.2, 0.25) is 0 Å². The van der Waals surface area contributed by atoms with Crippen LogP contribution in [0, 0.1) is 17.4 Å². The summed E-state index contributed by atoms with van der Waals surface area (Å²) in [6, 6.07) is 0. The van der Waals surface area contributed by atoms with E-state index in [1.54, 1.807) is 6.92 Å². The van der Waals surface area contributed by atoms with Crippen LogP contribution in [0.25, 0.3) is 0 Å². The van der Waals surface area contributed by atoms with Gasteiger partial charge in [0.15, 0.2) is 0 Å². The van der Waals surface area contributed by atoms with Gasteiger partial charge in [-0.2, -0.15) is 0 Å². The third-order valence-electron chi connectivity index (χ3n) is 1.03. The summed E-state index contributed by atoms with van der Waals surface area (Å²) in [6.45, 7) is 7.88. The van der Waals surface area contributed by atoms with Gasteiger partial charge in [-0.15, -0.1) is 5.54 Å². The highest BCUT2D eigenvalue weighted by atomic mass is 28.3. The van der Waals surface area contributed by atoms with Crippen LogP contribution in [0.5, 0.6) is 0 Å². The Labute approximate surface area is 68.6 Å². The fourth-order valence-electron chi connectivity index (χ4n) is 0.386. The van der Waals surface area contributed by atoms with E-state index in [2.05, 4.69) is 31.1 Å². The molecule has 0 saturated carbocycles. The summed E-state index contributed by atoms with van der Waals surface area (Å²) in [5.74, 6) is 1.37. The monoisotopic (exact) mass is 170 g/mol. The maximum absolute atomic E-state index is 10.3. The smallest absolute Gasteiger partial charge is 0.318 e. The first kappa shape index (κ1) is 10.2. The lowest BCUT2D eigenvalue weighted by molar-refractivity contribution is -0.139. The maximum Gasteiger partial charge on any atom is 0.318 e. The van der Waals surface area contributed by atoms with Crippen molar-refractivity contribution in [3.63, 3.8) is 0 Å². The molecule has 0 spiro atoms. The van der Waals surface area contributed by atoms with Crippen LogP contribution in [0.1, 0.15) is 6.92 Å². The molecule has 0 aliphatic rings. The number of rotatable bonds is 1. The van der Waals surface area contributed by atoms with E-state index in [0.717, 1.165) is 0 Å². The van der Waals surface area contributed by atoms with Gasteiger partial charge in [0.05, 0.1) is 0 Å². The van der Waals surface area contributed by atoms with E-state index in [4.69, 9.17) is 5.11 Å². The number of aliphatic carboxylic acids is 1. The molecule has 0 bridgehead atoms. The van der Waals surface area contributed by atoms with Gasteiger partial charge in [0.25, 0.3) is 0 Å². The minimum atomic E-state index is -1.39. The van der Waals surface area contributed by atoms with Crippen LogP contribution in [0.2, 0.25) is 19.6 Å². The maximum atomic E-state index is 10.3. The highest BCUT2D eigenvalue weighted by molar-refractivity contribution is 6.83. The van der Waals surface area contributed by atoms with Crippen LogP contribution in [0.3, 0.4) is 0 Å². The molecule has 1 N–H and O–H groups in total. The zero-order valence-electron chi connectivity index (χ0n) is 7.43. The van der Waals surface area contributed by atoms with Crippen molar-refractivity contribution in [3.8, 4) is 11.5 Å². The van der Waals surface area contributed by atoms with E-state index in [-0.39, 0.29) is 0 Å². The minimum absolute atomic E-state index is 0.526. The lowest BCUT2D eigenvalue weighted by atomic mass is 10.2. The summed E-state index contributed by atoms with van der Waals surface area (Å²) in [6.07, 6.45) is 0. The second kappa shape index (κ2) is 3.58. The first-order valence-electron chi connectivity index (χ1n) is 3.58. The molecule has 0 fully saturated rings. The van der Waals surface area contributed by atoms with Gasteiger partial charge in [-0.25, -0.2) is 0 Å². The Hall–Kier alpha value is -0.753. The van der Waals surface area contributed by atoms with Crippen LogP contribution in [-0.2, 0) is 4.79 Å². The second-order valence-electron chi connectivity index (χ2n) is 3.58. The molecule has 0 aromatic carbocycles. The summed E-state index contributed by atoms with van der Waals surface area (Å²) in [7, 11) is -1.39. The topological polar surface area (TPSA) is 37.3 Å². The summed E-state index contributed by atoms with van der Waals surface area (Å²) >= 11 is 0. The Morgan fingerprint density at radius 2 is 1.91 bits per heavy atom. The van der Waals surface area contributed by atoms with Gasteiger partial charge < -0.3 is 5.11 Å². The fourth-order valence-corrected chi connectivity index (χ4v) is 1.04. The van der Waals surface area contributed by atoms with E-state index in [1.807, 2.05) is 0 Å². The summed E-state index contributed by atoms with van der Waals surface area (Å²) < 4.78 is 0. The Morgan fingerprint density at radius 3 is 2.18 bits per heavy atom. The Kier molecular flexibility index (Phi) is 3.34. The highest BCUT2D eigenvalue weighted by Gasteiger charge is 2.10. The van der Waals surface area contributed by atoms with E-state index < -0.39 is 20.0 Å². The molecule has 0 aromatic rings. The predicted octanol–water partition coefficient (Wildman–Crippen LogP) is 1.59. The largest absolute Gasteiger partial charge is 0.480 e. The summed E-state index contributed by atoms with van der Waals surface area (Å²) in [5.41, 5.74) is 3.01. The molecular weight excluding hydrogens is 156 g/mol. The van der Waals surface area contributed by atoms with Gasteiger partial charge in [0, 0.05) is 0 Å². The van der Waals surface area contributed by atoms with Gasteiger partial charge in [-0.05, 0) is 6.92 Å². The van der Waals surface area contributed by atoms with E-state index in [9.17, 15) is 4.79 Å². The Morgan fingerprint density at radius 1 is 1.45 bits per heavy atom. The SMILES string of the molecule is CC(C#C[Si](C)(C)C)C(=O)O. The van der Waals surface area contributed by atoms with Crippen LogP contribution >= 0.6 is 0 Å². The average Bonchev–Trinajstić information content (AvgIpc) is 1.80. The van der Waals surface area contributed by atoms with Gasteiger partial charge >= 0.3 is 5.97 Å². The number of hydrogen-bond donors (Lipinski definition) is 1. The number of carboxylic acids is 1. The zero-order chi connectivity index (χ0) is 9.07. The van der Waals surface area contributed by atoms with Crippen LogP contribution in [-0.4, -0.2) is 19.1 Å². The summed E-state index contributed by atoms with van der Waals surface area (Å²) in [5, 5.41) is 8.49. The minimum Gasteiger partial charge on any atom is -0.480 e. The first-order chi connectivity index (χ1) is 4.83. The third-order valence-corrected chi connectivity index (χ3v) is 1.93. The Balaban J connectivity index is 4.19. The molecule has 2 nitrogen and oxygen atoms in total. The van der Waals surface area contributed by atoms with Crippen LogP contribution < -0.4 is 0 Å². The lowest BCUT2D eigenvalue weighted by Gasteiger charge is -2.04. The van der Waals surface area contributed by atoms with Crippen molar-refractivity contribution in [2.24, 2.45) is 5.92 Å². The van der Waals surface area contributed by atoms with Crippen molar-refractivity contribution in [1.29, 1.82) is 0 Å². The predicted molar refractivity (Wildman–Crippen MR) is 47.9 cm³/mol. The molecule has 0 aromatic heterocycles. The normalized spacial score (nSPS) is 13.1. The van der Waals surface area contributed by atoms with Crippen molar-refractivity contribution in [2.75, 3.05) is 0 Å². The standard InChI is InChI=1S/C8H14O2Si/c1-7(8(9)10)5-6-11(2,3)4/h7H,1-4H3,(H,9,10). The highest BCUT2D eigenvalue weighted by Crippen LogP contribution is 1.98. The Bertz CT molecular complexity index is 204. The van der Waals surface area contributed by atoms with Crippen LogP contribution in [0.4, 0.5) is 0 Å². The number of carbonyl (C=O) groups is 1. The molecule has 0 amide bonds. The van der Waals surface area contributed by atoms with Crippen molar-refractivity contribution in [1.82, 2.24) is 0 Å². The van der Waals surface area contributed by atoms with Crippen molar-refractivity contribution in [3.05, 3.63) is 0 Å². The van der Waals surface area contributed by atoms with E-state index in [0.29, 0.717) is 0 Å². The molecule has 62 valence electrons. The molecule has 0 heterocycles. The van der Waals surface area contributed by atoms with Crippen molar-refractivity contribution < 1.29 is 9.90 Å². The molecule has 0 aliphatic carbocycles. The number of carboxylic acid groups (broad SMARTS) is 1. The van der Waals surface area contributed by atoms with Crippen molar-refractivity contribution in [2.45, 2.75) is 26.6 Å². The van der Waals surface area contributed by atoms with Gasteiger partial charge in [0.1, 0.15) is 14.0 Å². The molecule has 0 rings (SSSR count). The lowest BCUT2D eigenvalue weighted by Crippen LogP contribution is -2.18. The third kappa shape index (κ3) is 5.68. The molecule has 1 unspecified atom stereocenters. The van der Waals surface area contributed by atoms with Crippen LogP contribution in [0.15, 0.2) is 0 Å². The molecule has 0 radical (unpaired) electrons. The number of hydrogen-bond acceptors (Lipinski definition) is 1. The van der Waals surface area contributed by atoms with E-state index >= 15 is 0 Å². The quantitative estimate of drug-likeness (QED) is 0.479. The average molecular weight is 170 g/mol.